The van der Waals surface area contributed by atoms with Crippen LogP contribution in [0.3, 0.4) is 0 Å². The van der Waals surface area contributed by atoms with Crippen LogP contribution < -0.4 is 10.7 Å². The quantitative estimate of drug-likeness (QED) is 0.285. The normalized spacial score (nSPS) is 14.7. The second-order valence-corrected chi connectivity index (χ2v) is 10.7. The average molecular weight is 544 g/mol. The molecule has 0 spiro atoms. The number of carbonyl (C=O) groups is 2. The van der Waals surface area contributed by atoms with Gasteiger partial charge in [-0.05, 0) is 47.9 Å². The summed E-state index contributed by atoms with van der Waals surface area (Å²) in [6.07, 6.45) is 0. The number of nitrogens with one attached hydrogen (secondary N) is 1. The van der Waals surface area contributed by atoms with Crippen molar-refractivity contribution in [2.24, 2.45) is 5.92 Å². The minimum absolute atomic E-state index is 0.0252. The molecule has 0 bridgehead atoms. The van der Waals surface area contributed by atoms with Crippen LogP contribution in [0.2, 0.25) is 0 Å². The lowest BCUT2D eigenvalue weighted by molar-refractivity contribution is 0.0697. The molecule has 0 atom stereocenters. The molecular weight excluding hydrogens is 510 g/mol. The predicted octanol–water partition coefficient (Wildman–Crippen LogP) is 3.97. The zero-order chi connectivity index (χ0) is 28.4. The number of fused-ring (bicyclic) bond motifs is 2. The van der Waals surface area contributed by atoms with Gasteiger partial charge in [-0.1, -0.05) is 19.9 Å². The first-order valence-electron chi connectivity index (χ1n) is 13.5. The van der Waals surface area contributed by atoms with E-state index in [9.17, 15) is 24.6 Å². The number of nitrogens with zero attached hydrogens (tertiary/aromatic N) is 2. The molecule has 1 aliphatic carbocycles. The summed E-state index contributed by atoms with van der Waals surface area (Å²) >= 11 is 0. The van der Waals surface area contributed by atoms with Gasteiger partial charge in [-0.2, -0.15) is 0 Å². The maximum atomic E-state index is 13.0. The molecule has 0 aromatic heterocycles. The number of phenolic OH excluding ortho intramolecular Hbond substituents is 1. The van der Waals surface area contributed by atoms with Gasteiger partial charge in [0.05, 0.1) is 5.56 Å². The standard InChI is InChI=1S/C31H33N3O6/c1-19(2)18-34-13-11-33(12-14-34)10-9-32-30(37)20-3-6-23(26(15-20)31(38)39)29-24-7-4-21(35)16-27(24)40-28-17-22(36)5-8-25(28)29/h3-8,15-17,19,35H,9-14,18H2,1-2H3,(H,32,37)(H,38,39). The number of amides is 1. The number of carboxylic acids is 1. The number of carboxylic acid groups (broad SMARTS) is 1. The van der Waals surface area contributed by atoms with Crippen LogP contribution in [0.5, 0.6) is 5.75 Å². The zero-order valence-electron chi connectivity index (χ0n) is 22.6. The maximum absolute atomic E-state index is 13.0. The summed E-state index contributed by atoms with van der Waals surface area (Å²) in [5, 5.41) is 23.6. The van der Waals surface area contributed by atoms with Crippen LogP contribution in [0.4, 0.5) is 0 Å². The summed E-state index contributed by atoms with van der Waals surface area (Å²) in [4.78, 5) is 42.2. The Kier molecular flexibility index (Phi) is 7.86. The van der Waals surface area contributed by atoms with Crippen molar-refractivity contribution in [3.63, 3.8) is 0 Å². The van der Waals surface area contributed by atoms with E-state index in [2.05, 4.69) is 29.0 Å². The third kappa shape index (κ3) is 5.85. The van der Waals surface area contributed by atoms with Crippen LogP contribution in [-0.2, 0) is 0 Å². The van der Waals surface area contributed by atoms with E-state index in [0.29, 0.717) is 40.1 Å². The Hall–Kier alpha value is -4.21. The van der Waals surface area contributed by atoms with Crippen LogP contribution in [-0.4, -0.2) is 77.7 Å². The lowest BCUT2D eigenvalue weighted by atomic mass is 9.90. The Morgan fingerprint density at radius 1 is 0.950 bits per heavy atom. The molecule has 9 nitrogen and oxygen atoms in total. The van der Waals surface area contributed by atoms with Crippen molar-refractivity contribution in [3.05, 3.63) is 75.9 Å². The molecule has 2 aromatic carbocycles. The number of hydrogen-bond acceptors (Lipinski definition) is 7. The van der Waals surface area contributed by atoms with Gasteiger partial charge in [-0.15, -0.1) is 0 Å². The SMILES string of the molecule is CC(C)CN1CCN(CCNC(=O)c2ccc(-c3c4ccc(=O)cc-4oc4cc(O)ccc34)c(C(=O)O)c2)CC1. The van der Waals surface area contributed by atoms with Crippen molar-refractivity contribution in [1.29, 1.82) is 0 Å². The number of piperazine rings is 1. The summed E-state index contributed by atoms with van der Waals surface area (Å²) in [6, 6.07) is 13.4. The Morgan fingerprint density at radius 3 is 2.40 bits per heavy atom. The number of carbonyl (C=O) groups excluding carboxylic acids is 1. The summed E-state index contributed by atoms with van der Waals surface area (Å²) in [6.45, 7) is 10.7. The number of rotatable bonds is 8. The smallest absolute Gasteiger partial charge is 0.336 e. The molecule has 1 saturated heterocycles. The molecule has 9 heteroatoms. The van der Waals surface area contributed by atoms with Gasteiger partial charge in [-0.3, -0.25) is 14.5 Å². The first-order chi connectivity index (χ1) is 19.2. The molecule has 1 amide bonds. The van der Waals surface area contributed by atoms with Gasteiger partial charge in [-0.25, -0.2) is 4.79 Å². The van der Waals surface area contributed by atoms with E-state index in [-0.39, 0.29) is 34.0 Å². The van der Waals surface area contributed by atoms with Gasteiger partial charge < -0.3 is 24.8 Å². The number of benzene rings is 3. The van der Waals surface area contributed by atoms with E-state index in [0.717, 1.165) is 39.3 Å². The third-order valence-corrected chi connectivity index (χ3v) is 7.26. The van der Waals surface area contributed by atoms with Crippen LogP contribution in [0.15, 0.2) is 63.8 Å². The van der Waals surface area contributed by atoms with Crippen molar-refractivity contribution in [2.75, 3.05) is 45.8 Å². The minimum atomic E-state index is -1.19. The van der Waals surface area contributed by atoms with E-state index in [4.69, 9.17) is 4.42 Å². The number of aromatic carboxylic acids is 1. The highest BCUT2D eigenvalue weighted by atomic mass is 16.4. The van der Waals surface area contributed by atoms with Gasteiger partial charge in [0.2, 0.25) is 0 Å². The molecule has 1 fully saturated rings. The van der Waals surface area contributed by atoms with E-state index in [1.54, 1.807) is 24.3 Å². The number of phenols is 1. The molecule has 2 aliphatic heterocycles. The molecule has 5 rings (SSSR count). The first-order valence-corrected chi connectivity index (χ1v) is 13.5. The summed E-state index contributed by atoms with van der Waals surface area (Å²) < 4.78 is 5.87. The topological polar surface area (TPSA) is 123 Å². The predicted molar refractivity (Wildman–Crippen MR) is 153 cm³/mol. The summed E-state index contributed by atoms with van der Waals surface area (Å²) in [5.41, 5.74) is 1.70. The van der Waals surface area contributed by atoms with Crippen LogP contribution in [0.1, 0.15) is 34.6 Å². The van der Waals surface area contributed by atoms with Gasteiger partial charge in [0, 0.05) is 80.0 Å². The average Bonchev–Trinajstić information content (AvgIpc) is 2.92. The van der Waals surface area contributed by atoms with Crippen LogP contribution >= 0.6 is 0 Å². The second-order valence-electron chi connectivity index (χ2n) is 10.7. The number of aromatic hydroxyl groups is 1. The third-order valence-electron chi connectivity index (χ3n) is 7.26. The van der Waals surface area contributed by atoms with Gasteiger partial charge in [0.25, 0.3) is 5.91 Å². The molecule has 2 heterocycles. The molecule has 2 aromatic rings. The molecule has 208 valence electrons. The van der Waals surface area contributed by atoms with E-state index >= 15 is 0 Å². The monoisotopic (exact) mass is 543 g/mol. The molecule has 0 radical (unpaired) electrons. The van der Waals surface area contributed by atoms with Gasteiger partial charge >= 0.3 is 5.97 Å². The molecule has 3 N–H and O–H groups in total. The van der Waals surface area contributed by atoms with Crippen molar-refractivity contribution in [1.82, 2.24) is 15.1 Å². The number of hydrogen-bond donors (Lipinski definition) is 3. The lowest BCUT2D eigenvalue weighted by Crippen LogP contribution is -2.49. The van der Waals surface area contributed by atoms with Crippen molar-refractivity contribution < 1.29 is 24.2 Å². The van der Waals surface area contributed by atoms with Gasteiger partial charge in [0.15, 0.2) is 5.43 Å². The van der Waals surface area contributed by atoms with Crippen molar-refractivity contribution in [2.45, 2.75) is 13.8 Å². The van der Waals surface area contributed by atoms with E-state index < -0.39 is 5.97 Å². The molecule has 0 saturated carbocycles. The van der Waals surface area contributed by atoms with Crippen molar-refractivity contribution in [3.8, 4) is 28.2 Å². The first kappa shape index (κ1) is 27.4. The highest BCUT2D eigenvalue weighted by molar-refractivity contribution is 6.09. The van der Waals surface area contributed by atoms with E-state index in [1.807, 2.05) is 0 Å². The Balaban J connectivity index is 1.39. The molecule has 3 aliphatic rings. The molecular formula is C31H33N3O6. The minimum Gasteiger partial charge on any atom is -0.508 e. The maximum Gasteiger partial charge on any atom is 0.336 e. The Labute approximate surface area is 232 Å². The highest BCUT2D eigenvalue weighted by Gasteiger charge is 2.23. The fourth-order valence-corrected chi connectivity index (χ4v) is 5.37. The second kappa shape index (κ2) is 11.5. The van der Waals surface area contributed by atoms with Gasteiger partial charge in [0.1, 0.15) is 17.1 Å². The largest absolute Gasteiger partial charge is 0.508 e. The van der Waals surface area contributed by atoms with Crippen LogP contribution in [0.25, 0.3) is 33.4 Å². The highest BCUT2D eigenvalue weighted by Crippen LogP contribution is 2.42. The van der Waals surface area contributed by atoms with Crippen molar-refractivity contribution >= 4 is 22.8 Å². The summed E-state index contributed by atoms with van der Waals surface area (Å²) in [5.74, 6) is -0.649. The molecule has 40 heavy (non-hydrogen) atoms. The zero-order valence-corrected chi connectivity index (χ0v) is 22.6. The Bertz CT molecular complexity index is 1590. The Morgan fingerprint density at radius 2 is 1.68 bits per heavy atom. The van der Waals surface area contributed by atoms with E-state index in [1.165, 1.54) is 30.3 Å². The van der Waals surface area contributed by atoms with Crippen LogP contribution in [0, 0.1) is 5.92 Å². The fraction of sp³-hybridized carbons (Fsp3) is 0.323. The summed E-state index contributed by atoms with van der Waals surface area (Å²) in [7, 11) is 0. The fourth-order valence-electron chi connectivity index (χ4n) is 5.37. The lowest BCUT2D eigenvalue weighted by Gasteiger charge is -2.35. The molecule has 0 unspecified atom stereocenters.